The number of hydrogen-bond acceptors (Lipinski definition) is 4. The van der Waals surface area contributed by atoms with Gasteiger partial charge in [0.05, 0.1) is 5.56 Å². The normalized spacial score (nSPS) is 10.4. The second kappa shape index (κ2) is 6.39. The predicted octanol–water partition coefficient (Wildman–Crippen LogP) is 2.28. The zero-order valence-electron chi connectivity index (χ0n) is 10.9. The van der Waals surface area contributed by atoms with Crippen LogP contribution < -0.4 is 5.69 Å². The average Bonchev–Trinajstić information content (AvgIpc) is 2.80. The first kappa shape index (κ1) is 14.3. The molecule has 1 N–H and O–H groups in total. The molecule has 20 heavy (non-hydrogen) atoms. The van der Waals surface area contributed by atoms with E-state index in [1.165, 1.54) is 23.9 Å². The van der Waals surface area contributed by atoms with Crippen LogP contribution in [0.1, 0.15) is 24.5 Å². The summed E-state index contributed by atoms with van der Waals surface area (Å²) in [5.74, 6) is -0.00732. The number of hydrogen-bond donors (Lipinski definition) is 1. The molecule has 1 aromatic heterocycles. The van der Waals surface area contributed by atoms with E-state index in [-0.39, 0.29) is 11.3 Å². The summed E-state index contributed by atoms with van der Waals surface area (Å²) >= 11 is 1.37. The van der Waals surface area contributed by atoms with E-state index in [9.17, 15) is 9.18 Å². The Hall–Kier alpha value is -2.07. The van der Waals surface area contributed by atoms with Gasteiger partial charge in [-0.25, -0.2) is 14.3 Å². The number of aromatic nitrogens is 3. The highest BCUT2D eigenvalue weighted by Gasteiger charge is 2.09. The standard InChI is InChI=1S/C13H13FN4OS/c1-2-5-18-12(19)16-17-13(18)20-8-9-3-4-11(14)10(6-9)7-15/h3-4,6H,2,5,8H2,1H3,(H,16,19). The lowest BCUT2D eigenvalue weighted by molar-refractivity contribution is 0.603. The Morgan fingerprint density at radius 3 is 3.05 bits per heavy atom. The minimum absolute atomic E-state index is 0.0241. The molecule has 1 heterocycles. The third-order valence-electron chi connectivity index (χ3n) is 2.69. The predicted molar refractivity (Wildman–Crippen MR) is 73.8 cm³/mol. The summed E-state index contributed by atoms with van der Waals surface area (Å²) in [6.07, 6.45) is 0.835. The molecule has 0 bridgehead atoms. The number of aromatic amines is 1. The summed E-state index contributed by atoms with van der Waals surface area (Å²) in [6, 6.07) is 6.22. The van der Waals surface area contributed by atoms with Gasteiger partial charge in [-0.2, -0.15) is 5.26 Å². The number of nitriles is 1. The molecule has 0 amide bonds. The molecular formula is C13H13FN4OS. The molecule has 0 atom stereocenters. The second-order valence-electron chi connectivity index (χ2n) is 4.18. The SMILES string of the molecule is CCCn1c(SCc2ccc(F)c(C#N)c2)n[nH]c1=O. The van der Waals surface area contributed by atoms with Crippen molar-refractivity contribution in [2.45, 2.75) is 30.8 Å². The Bertz CT molecular complexity index is 701. The number of thioether (sulfide) groups is 1. The zero-order chi connectivity index (χ0) is 14.5. The number of halogens is 1. The van der Waals surface area contributed by atoms with Crippen LogP contribution in [0.15, 0.2) is 28.2 Å². The molecule has 2 aromatic rings. The molecule has 0 saturated heterocycles. The van der Waals surface area contributed by atoms with Gasteiger partial charge in [0.1, 0.15) is 11.9 Å². The van der Waals surface area contributed by atoms with Crippen molar-refractivity contribution in [3.05, 3.63) is 45.6 Å². The van der Waals surface area contributed by atoms with E-state index in [2.05, 4.69) is 10.2 Å². The van der Waals surface area contributed by atoms with Gasteiger partial charge in [-0.3, -0.25) is 4.57 Å². The Labute approximate surface area is 119 Å². The van der Waals surface area contributed by atoms with Crippen molar-refractivity contribution in [2.75, 3.05) is 0 Å². The summed E-state index contributed by atoms with van der Waals surface area (Å²) in [5.41, 5.74) is 0.605. The smallest absolute Gasteiger partial charge is 0.270 e. The summed E-state index contributed by atoms with van der Waals surface area (Å²) in [6.45, 7) is 2.58. The van der Waals surface area contributed by atoms with Crippen LogP contribution in [-0.4, -0.2) is 14.8 Å². The van der Waals surface area contributed by atoms with Crippen LogP contribution >= 0.6 is 11.8 Å². The first-order valence-electron chi connectivity index (χ1n) is 6.12. The van der Waals surface area contributed by atoms with E-state index >= 15 is 0 Å². The van der Waals surface area contributed by atoms with Gasteiger partial charge < -0.3 is 0 Å². The van der Waals surface area contributed by atoms with E-state index in [1.807, 2.05) is 13.0 Å². The van der Waals surface area contributed by atoms with Crippen LogP contribution in [0.2, 0.25) is 0 Å². The molecule has 2 rings (SSSR count). The van der Waals surface area contributed by atoms with E-state index < -0.39 is 5.82 Å². The van der Waals surface area contributed by atoms with Crippen LogP contribution in [0.4, 0.5) is 4.39 Å². The van der Waals surface area contributed by atoms with Crippen molar-refractivity contribution in [1.29, 1.82) is 5.26 Å². The third kappa shape index (κ3) is 3.08. The van der Waals surface area contributed by atoms with E-state index in [0.717, 1.165) is 12.0 Å². The van der Waals surface area contributed by atoms with Crippen molar-refractivity contribution in [3.8, 4) is 6.07 Å². The molecule has 0 aliphatic carbocycles. The lowest BCUT2D eigenvalue weighted by Gasteiger charge is -2.04. The summed E-state index contributed by atoms with van der Waals surface area (Å²) in [7, 11) is 0. The molecule has 1 aromatic carbocycles. The quantitative estimate of drug-likeness (QED) is 0.858. The fourth-order valence-electron chi connectivity index (χ4n) is 1.73. The number of rotatable bonds is 5. The Balaban J connectivity index is 2.13. The van der Waals surface area contributed by atoms with Crippen molar-refractivity contribution >= 4 is 11.8 Å². The first-order valence-corrected chi connectivity index (χ1v) is 7.10. The average molecular weight is 292 g/mol. The van der Waals surface area contributed by atoms with Gasteiger partial charge in [-0.1, -0.05) is 24.8 Å². The number of nitrogens with one attached hydrogen (secondary N) is 1. The fraction of sp³-hybridized carbons (Fsp3) is 0.308. The van der Waals surface area contributed by atoms with Crippen LogP contribution in [-0.2, 0) is 12.3 Å². The van der Waals surface area contributed by atoms with Crippen molar-refractivity contribution in [2.24, 2.45) is 0 Å². The van der Waals surface area contributed by atoms with Crippen LogP contribution in [0, 0.1) is 17.1 Å². The molecule has 5 nitrogen and oxygen atoms in total. The zero-order valence-corrected chi connectivity index (χ0v) is 11.7. The van der Waals surface area contributed by atoms with Crippen LogP contribution in [0.25, 0.3) is 0 Å². The Morgan fingerprint density at radius 1 is 1.55 bits per heavy atom. The van der Waals surface area contributed by atoms with Gasteiger partial charge in [-0.15, -0.1) is 5.10 Å². The summed E-state index contributed by atoms with van der Waals surface area (Å²) < 4.78 is 14.8. The van der Waals surface area contributed by atoms with Gasteiger partial charge in [-0.05, 0) is 24.1 Å². The van der Waals surface area contributed by atoms with Crippen molar-refractivity contribution in [1.82, 2.24) is 14.8 Å². The first-order chi connectivity index (χ1) is 9.65. The maximum absolute atomic E-state index is 13.2. The van der Waals surface area contributed by atoms with Gasteiger partial charge in [0.2, 0.25) is 0 Å². The molecule has 0 saturated carbocycles. The molecule has 0 unspecified atom stereocenters. The molecule has 0 radical (unpaired) electrons. The lowest BCUT2D eigenvalue weighted by Crippen LogP contribution is -2.17. The maximum atomic E-state index is 13.2. The molecular weight excluding hydrogens is 279 g/mol. The van der Waals surface area contributed by atoms with Crippen molar-refractivity contribution < 1.29 is 4.39 Å². The highest BCUT2D eigenvalue weighted by molar-refractivity contribution is 7.98. The topological polar surface area (TPSA) is 74.5 Å². The molecule has 0 aliphatic heterocycles. The monoisotopic (exact) mass is 292 g/mol. The van der Waals surface area contributed by atoms with E-state index in [4.69, 9.17) is 5.26 Å². The third-order valence-corrected chi connectivity index (χ3v) is 3.74. The number of H-pyrrole nitrogens is 1. The summed E-state index contributed by atoms with van der Waals surface area (Å²) in [5, 5.41) is 15.8. The number of nitrogens with zero attached hydrogens (tertiary/aromatic N) is 3. The highest BCUT2D eigenvalue weighted by Crippen LogP contribution is 2.21. The van der Waals surface area contributed by atoms with E-state index in [1.54, 1.807) is 10.6 Å². The lowest BCUT2D eigenvalue weighted by atomic mass is 10.1. The molecule has 104 valence electrons. The van der Waals surface area contributed by atoms with Gasteiger partial charge in [0.15, 0.2) is 5.16 Å². The number of benzene rings is 1. The molecule has 7 heteroatoms. The second-order valence-corrected chi connectivity index (χ2v) is 5.12. The fourth-order valence-corrected chi connectivity index (χ4v) is 2.65. The minimum Gasteiger partial charge on any atom is -0.270 e. The molecule has 0 aliphatic rings. The maximum Gasteiger partial charge on any atom is 0.343 e. The van der Waals surface area contributed by atoms with Gasteiger partial charge in [0, 0.05) is 12.3 Å². The molecule has 0 fully saturated rings. The van der Waals surface area contributed by atoms with E-state index in [0.29, 0.717) is 17.5 Å². The highest BCUT2D eigenvalue weighted by atomic mass is 32.2. The van der Waals surface area contributed by atoms with Crippen LogP contribution in [0.5, 0.6) is 0 Å². The summed E-state index contributed by atoms with van der Waals surface area (Å²) in [4.78, 5) is 11.5. The molecule has 0 spiro atoms. The van der Waals surface area contributed by atoms with Gasteiger partial charge >= 0.3 is 5.69 Å². The minimum atomic E-state index is -0.524. The Morgan fingerprint density at radius 2 is 2.35 bits per heavy atom. The van der Waals surface area contributed by atoms with Crippen molar-refractivity contribution in [3.63, 3.8) is 0 Å². The largest absolute Gasteiger partial charge is 0.343 e. The van der Waals surface area contributed by atoms with Crippen LogP contribution in [0.3, 0.4) is 0 Å². The van der Waals surface area contributed by atoms with Gasteiger partial charge in [0.25, 0.3) is 0 Å². The Kier molecular flexibility index (Phi) is 4.58.